The SMILES string of the molecule is Cl.NCC(C(=O)Nc1ccccc1CCC(C(=O)O)C(=O)O)[C@@H]1CCc2cc(Br)cc3[nH]c(=O)c(=O)n1c23. The molecule has 11 nitrogen and oxygen atoms in total. The zero-order chi connectivity index (χ0) is 26.9. The van der Waals surface area contributed by atoms with Crippen LogP contribution in [0.1, 0.15) is 30.0 Å². The van der Waals surface area contributed by atoms with Crippen LogP contribution in [-0.2, 0) is 27.2 Å². The van der Waals surface area contributed by atoms with Crippen molar-refractivity contribution < 1.29 is 24.6 Å². The molecule has 6 N–H and O–H groups in total. The van der Waals surface area contributed by atoms with Gasteiger partial charge in [-0.2, -0.15) is 0 Å². The van der Waals surface area contributed by atoms with Crippen molar-refractivity contribution in [2.75, 3.05) is 11.9 Å². The standard InChI is InChI=1S/C25H25BrN4O7.ClH/c26-14-9-13-6-8-19(30-20(13)18(10-14)29-22(32)23(30)33)16(11-27)21(31)28-17-4-2-1-3-12(17)5-7-15(24(34)35)25(36)37;/h1-4,9-10,15-16,19H,5-8,11,27H2,(H,28,31)(H,29,32)(H,34,35)(H,36,37);1H/t16?,19-;/m0./s1. The molecule has 3 aromatic rings. The number of rotatable bonds is 9. The Hall–Kier alpha value is -3.48. The summed E-state index contributed by atoms with van der Waals surface area (Å²) in [6.07, 6.45) is 0.926. The number of para-hydroxylation sites is 1. The van der Waals surface area contributed by atoms with E-state index in [2.05, 4.69) is 26.2 Å². The van der Waals surface area contributed by atoms with Crippen LogP contribution < -0.4 is 22.2 Å². The van der Waals surface area contributed by atoms with Crippen LogP contribution in [0.3, 0.4) is 0 Å². The molecule has 0 radical (unpaired) electrons. The summed E-state index contributed by atoms with van der Waals surface area (Å²) in [5.74, 6) is -5.76. The monoisotopic (exact) mass is 608 g/mol. The number of nitrogens with one attached hydrogen (secondary N) is 2. The number of H-pyrrole nitrogens is 1. The first-order valence-electron chi connectivity index (χ1n) is 11.6. The molecular formula is C25H26BrClN4O7. The maximum absolute atomic E-state index is 13.4. The molecule has 1 aromatic heterocycles. The highest BCUT2D eigenvalue weighted by Crippen LogP contribution is 2.35. The van der Waals surface area contributed by atoms with Gasteiger partial charge in [-0.05, 0) is 55.0 Å². The van der Waals surface area contributed by atoms with E-state index in [1.54, 1.807) is 30.3 Å². The van der Waals surface area contributed by atoms with E-state index < -0.39 is 46.8 Å². The maximum Gasteiger partial charge on any atom is 0.317 e. The molecule has 1 aliphatic rings. The Bertz CT molecular complexity index is 1510. The number of aryl methyl sites for hydroxylation is 2. The lowest BCUT2D eigenvalue weighted by molar-refractivity contribution is -0.154. The number of hydrogen-bond donors (Lipinski definition) is 5. The summed E-state index contributed by atoms with van der Waals surface area (Å²) in [4.78, 5) is 63.9. The highest BCUT2D eigenvalue weighted by atomic mass is 79.9. The fraction of sp³-hybridized carbons (Fsp3) is 0.320. The predicted molar refractivity (Wildman–Crippen MR) is 146 cm³/mol. The average Bonchev–Trinajstić information content (AvgIpc) is 2.83. The molecule has 4 rings (SSSR count). The first kappa shape index (κ1) is 29.1. The van der Waals surface area contributed by atoms with Gasteiger partial charge in [0.2, 0.25) is 5.91 Å². The molecule has 13 heteroatoms. The molecule has 1 unspecified atom stereocenters. The molecule has 1 amide bonds. The van der Waals surface area contributed by atoms with E-state index in [0.29, 0.717) is 35.1 Å². The molecule has 0 spiro atoms. The second kappa shape index (κ2) is 11.9. The number of aromatic nitrogens is 2. The summed E-state index contributed by atoms with van der Waals surface area (Å²) < 4.78 is 2.12. The molecule has 0 bridgehead atoms. The number of carboxylic acids is 2. The van der Waals surface area contributed by atoms with Gasteiger partial charge in [0.15, 0.2) is 5.92 Å². The molecule has 0 aliphatic carbocycles. The van der Waals surface area contributed by atoms with Crippen molar-refractivity contribution in [3.05, 3.63) is 72.7 Å². The molecule has 38 heavy (non-hydrogen) atoms. The van der Waals surface area contributed by atoms with Gasteiger partial charge in [-0.3, -0.25) is 28.5 Å². The lowest BCUT2D eigenvalue weighted by atomic mass is 9.88. The summed E-state index contributed by atoms with van der Waals surface area (Å²) in [5, 5.41) is 21.1. The second-order valence-corrected chi connectivity index (χ2v) is 9.87. The summed E-state index contributed by atoms with van der Waals surface area (Å²) in [6.45, 7) is -0.0919. The third kappa shape index (κ3) is 5.66. The molecule has 0 fully saturated rings. The van der Waals surface area contributed by atoms with Gasteiger partial charge >= 0.3 is 23.1 Å². The molecular weight excluding hydrogens is 584 g/mol. The van der Waals surface area contributed by atoms with Crippen LogP contribution in [0.15, 0.2) is 50.5 Å². The normalized spacial score (nSPS) is 15.1. The topological polar surface area (TPSA) is 185 Å². The summed E-state index contributed by atoms with van der Waals surface area (Å²) >= 11 is 3.42. The van der Waals surface area contributed by atoms with E-state index in [4.69, 9.17) is 15.9 Å². The third-order valence-corrected chi connectivity index (χ3v) is 7.18. The van der Waals surface area contributed by atoms with Gasteiger partial charge in [0, 0.05) is 16.7 Å². The molecule has 2 heterocycles. The number of carbonyl (C=O) groups excluding carboxylic acids is 1. The van der Waals surface area contributed by atoms with Gasteiger partial charge in [-0.1, -0.05) is 34.1 Å². The summed E-state index contributed by atoms with van der Waals surface area (Å²) in [7, 11) is 0. The predicted octanol–water partition coefficient (Wildman–Crippen LogP) is 2.29. The Morgan fingerprint density at radius 1 is 1.16 bits per heavy atom. The van der Waals surface area contributed by atoms with Crippen molar-refractivity contribution in [2.24, 2.45) is 17.6 Å². The van der Waals surface area contributed by atoms with Crippen LogP contribution in [0.25, 0.3) is 11.0 Å². The van der Waals surface area contributed by atoms with Crippen LogP contribution >= 0.6 is 28.3 Å². The van der Waals surface area contributed by atoms with Crippen LogP contribution in [0.4, 0.5) is 5.69 Å². The minimum atomic E-state index is -1.58. The van der Waals surface area contributed by atoms with E-state index in [0.717, 1.165) is 10.0 Å². The number of aromatic amines is 1. The number of aliphatic carboxylic acids is 2. The molecule has 1 aliphatic heterocycles. The van der Waals surface area contributed by atoms with Crippen molar-refractivity contribution in [1.29, 1.82) is 0 Å². The summed E-state index contributed by atoms with van der Waals surface area (Å²) in [6, 6.07) is 9.60. The number of carboxylic acid groups (broad SMARTS) is 2. The Kier molecular flexibility index (Phi) is 9.13. The van der Waals surface area contributed by atoms with E-state index in [-0.39, 0.29) is 31.8 Å². The molecule has 2 atom stereocenters. The van der Waals surface area contributed by atoms with Gasteiger partial charge in [-0.25, -0.2) is 0 Å². The minimum Gasteiger partial charge on any atom is -0.481 e. The number of nitrogens with two attached hydrogens (primary N) is 1. The first-order valence-corrected chi connectivity index (χ1v) is 12.4. The lowest BCUT2D eigenvalue weighted by Crippen LogP contribution is -2.46. The zero-order valence-electron chi connectivity index (χ0n) is 20.0. The van der Waals surface area contributed by atoms with Crippen LogP contribution in [-0.4, -0.2) is 44.2 Å². The fourth-order valence-corrected chi connectivity index (χ4v) is 5.43. The molecule has 0 saturated heterocycles. The highest BCUT2D eigenvalue weighted by molar-refractivity contribution is 9.10. The van der Waals surface area contributed by atoms with Crippen molar-refractivity contribution in [3.8, 4) is 0 Å². The Morgan fingerprint density at radius 3 is 2.50 bits per heavy atom. The first-order chi connectivity index (χ1) is 17.6. The number of amides is 1. The van der Waals surface area contributed by atoms with E-state index in [1.165, 1.54) is 4.57 Å². The molecule has 2 aromatic carbocycles. The van der Waals surface area contributed by atoms with Gasteiger partial charge in [0.25, 0.3) is 0 Å². The lowest BCUT2D eigenvalue weighted by Gasteiger charge is -2.32. The maximum atomic E-state index is 13.4. The Morgan fingerprint density at radius 2 is 1.84 bits per heavy atom. The number of hydrogen-bond acceptors (Lipinski definition) is 6. The Labute approximate surface area is 230 Å². The van der Waals surface area contributed by atoms with Crippen molar-refractivity contribution >= 4 is 62.9 Å². The van der Waals surface area contributed by atoms with Gasteiger partial charge in [0.05, 0.1) is 23.0 Å². The van der Waals surface area contributed by atoms with E-state index >= 15 is 0 Å². The van der Waals surface area contributed by atoms with Crippen molar-refractivity contribution in [1.82, 2.24) is 9.55 Å². The average molecular weight is 610 g/mol. The minimum absolute atomic E-state index is 0. The largest absolute Gasteiger partial charge is 0.481 e. The quantitative estimate of drug-likeness (QED) is 0.181. The number of nitrogens with zero attached hydrogens (tertiary/aromatic N) is 1. The fourth-order valence-electron chi connectivity index (χ4n) is 4.92. The van der Waals surface area contributed by atoms with Crippen molar-refractivity contribution in [2.45, 2.75) is 31.7 Å². The van der Waals surface area contributed by atoms with Crippen LogP contribution in [0.5, 0.6) is 0 Å². The second-order valence-electron chi connectivity index (χ2n) is 8.95. The van der Waals surface area contributed by atoms with Crippen LogP contribution in [0.2, 0.25) is 0 Å². The van der Waals surface area contributed by atoms with E-state index in [9.17, 15) is 24.0 Å². The number of halogens is 2. The number of carbonyl (C=O) groups is 3. The highest BCUT2D eigenvalue weighted by Gasteiger charge is 2.34. The molecule has 0 saturated carbocycles. The molecule has 202 valence electrons. The van der Waals surface area contributed by atoms with Gasteiger partial charge < -0.3 is 26.2 Å². The number of anilines is 1. The third-order valence-electron chi connectivity index (χ3n) is 6.73. The van der Waals surface area contributed by atoms with Gasteiger partial charge in [-0.15, -0.1) is 12.4 Å². The zero-order valence-corrected chi connectivity index (χ0v) is 22.4. The van der Waals surface area contributed by atoms with Crippen LogP contribution in [0, 0.1) is 11.8 Å². The van der Waals surface area contributed by atoms with Crippen molar-refractivity contribution in [3.63, 3.8) is 0 Å². The van der Waals surface area contributed by atoms with E-state index in [1.807, 2.05) is 6.07 Å². The smallest absolute Gasteiger partial charge is 0.317 e. The summed E-state index contributed by atoms with van der Waals surface area (Å²) in [5.41, 5.74) is 7.32. The Balaban J connectivity index is 0.00000400. The number of benzene rings is 2. The van der Waals surface area contributed by atoms with Gasteiger partial charge in [0.1, 0.15) is 0 Å².